The van der Waals surface area contributed by atoms with Crippen LogP contribution in [0.15, 0.2) is 23.9 Å². The Bertz CT molecular complexity index is 717. The summed E-state index contributed by atoms with van der Waals surface area (Å²) in [7, 11) is 1.02. The molecule has 122 valence electrons. The summed E-state index contributed by atoms with van der Waals surface area (Å²) in [6, 6.07) is 2.03. The van der Waals surface area contributed by atoms with E-state index in [2.05, 4.69) is 10.1 Å². The second-order valence-electron chi connectivity index (χ2n) is 4.48. The van der Waals surface area contributed by atoms with Gasteiger partial charge in [0.1, 0.15) is 5.70 Å². The number of β-amino-alcohol motifs (C(OH)–C–C–N with tert-alkyl or cyclic N) is 1. The van der Waals surface area contributed by atoms with Gasteiger partial charge in [0.25, 0.3) is 11.8 Å². The Morgan fingerprint density at radius 1 is 1.30 bits per heavy atom. The summed E-state index contributed by atoms with van der Waals surface area (Å²) in [4.78, 5) is 35.5. The normalized spacial score (nSPS) is 14.1. The van der Waals surface area contributed by atoms with E-state index in [9.17, 15) is 23.2 Å². The molecule has 0 saturated heterocycles. The zero-order chi connectivity index (χ0) is 17.1. The van der Waals surface area contributed by atoms with E-state index >= 15 is 0 Å². The number of esters is 1. The molecule has 9 heteroatoms. The first-order valence-corrected chi connectivity index (χ1v) is 6.42. The Morgan fingerprint density at radius 2 is 2.00 bits per heavy atom. The molecule has 1 heterocycles. The molecule has 2 N–H and O–H groups in total. The number of aliphatic hydroxyl groups excluding tert-OH is 1. The summed E-state index contributed by atoms with van der Waals surface area (Å²) < 4.78 is 32.1. The molecule has 1 aromatic carbocycles. The smallest absolute Gasteiger partial charge is 0.340 e. The average Bonchev–Trinajstić information content (AvgIpc) is 2.79. The largest absolute Gasteiger partial charge is 0.465 e. The van der Waals surface area contributed by atoms with Crippen LogP contribution in [0.3, 0.4) is 0 Å². The molecular formula is C14H12F2N2O5. The number of methoxy groups -OCH3 is 1. The molecule has 0 radical (unpaired) electrons. The Kier molecular flexibility index (Phi) is 4.70. The molecule has 2 rings (SSSR count). The number of halogens is 2. The van der Waals surface area contributed by atoms with E-state index in [0.717, 1.165) is 30.2 Å². The van der Waals surface area contributed by atoms with Crippen molar-refractivity contribution in [1.82, 2.24) is 4.90 Å². The number of nitrogens with one attached hydrogen (secondary N) is 1. The van der Waals surface area contributed by atoms with Crippen molar-refractivity contribution in [1.29, 1.82) is 0 Å². The lowest BCUT2D eigenvalue weighted by atomic mass is 10.1. The zero-order valence-corrected chi connectivity index (χ0v) is 11.9. The van der Waals surface area contributed by atoms with Gasteiger partial charge in [0.05, 0.1) is 31.5 Å². The van der Waals surface area contributed by atoms with Crippen molar-refractivity contribution in [2.24, 2.45) is 0 Å². The van der Waals surface area contributed by atoms with Crippen LogP contribution >= 0.6 is 0 Å². The highest BCUT2D eigenvalue weighted by molar-refractivity contribution is 6.17. The Hall–Kier alpha value is -2.81. The first kappa shape index (κ1) is 16.6. The van der Waals surface area contributed by atoms with E-state index in [4.69, 9.17) is 5.11 Å². The number of carbonyl (C=O) groups excluding carboxylic acids is 3. The minimum absolute atomic E-state index is 0.211. The Labute approximate surface area is 129 Å². The van der Waals surface area contributed by atoms with Gasteiger partial charge in [-0.3, -0.25) is 14.5 Å². The number of nitrogens with zero attached hydrogens (tertiary/aromatic N) is 1. The van der Waals surface area contributed by atoms with Gasteiger partial charge in [0.15, 0.2) is 11.6 Å². The molecule has 0 fully saturated rings. The van der Waals surface area contributed by atoms with Crippen molar-refractivity contribution in [3.8, 4) is 0 Å². The van der Waals surface area contributed by atoms with Crippen LogP contribution in [-0.2, 0) is 14.3 Å². The minimum atomic E-state index is -1.44. The van der Waals surface area contributed by atoms with Gasteiger partial charge in [-0.05, 0) is 12.1 Å². The van der Waals surface area contributed by atoms with Crippen molar-refractivity contribution >= 4 is 23.5 Å². The van der Waals surface area contributed by atoms with Crippen LogP contribution in [-0.4, -0.2) is 48.1 Å². The number of anilines is 1. The van der Waals surface area contributed by atoms with Crippen molar-refractivity contribution < 1.29 is 33.0 Å². The highest BCUT2D eigenvalue weighted by Gasteiger charge is 2.31. The van der Waals surface area contributed by atoms with Crippen LogP contribution in [0.5, 0.6) is 0 Å². The maximum Gasteiger partial charge on any atom is 0.340 e. The first-order valence-electron chi connectivity index (χ1n) is 6.42. The summed E-state index contributed by atoms with van der Waals surface area (Å²) in [5, 5.41) is 11.1. The van der Waals surface area contributed by atoms with E-state index in [1.165, 1.54) is 0 Å². The number of ether oxygens (including phenoxy) is 1. The van der Waals surface area contributed by atoms with Crippen LogP contribution in [0.4, 0.5) is 14.5 Å². The fraction of sp³-hybridized carbons (Fsp3) is 0.214. The maximum absolute atomic E-state index is 14.0. The lowest BCUT2D eigenvalue weighted by Gasteiger charge is -2.14. The molecule has 0 saturated carbocycles. The maximum atomic E-state index is 14.0. The van der Waals surface area contributed by atoms with Gasteiger partial charge in [0, 0.05) is 6.08 Å². The molecule has 7 nitrogen and oxygen atoms in total. The SMILES string of the molecule is COC(=O)c1ccc(NC2=CC(=O)N(CCO)C2=O)c(F)c1F. The Morgan fingerprint density at radius 3 is 2.61 bits per heavy atom. The Balaban J connectivity index is 2.27. The first-order chi connectivity index (χ1) is 10.9. The fourth-order valence-corrected chi connectivity index (χ4v) is 1.97. The molecule has 1 aliphatic rings. The zero-order valence-electron chi connectivity index (χ0n) is 11.9. The van der Waals surface area contributed by atoms with E-state index in [0.29, 0.717) is 0 Å². The second kappa shape index (κ2) is 6.53. The third kappa shape index (κ3) is 3.04. The number of hydrogen-bond acceptors (Lipinski definition) is 6. The topological polar surface area (TPSA) is 95.9 Å². The molecule has 23 heavy (non-hydrogen) atoms. The van der Waals surface area contributed by atoms with Crippen LogP contribution in [0.1, 0.15) is 10.4 Å². The molecule has 1 aromatic rings. The quantitative estimate of drug-likeness (QED) is 0.601. The monoisotopic (exact) mass is 326 g/mol. The van der Waals surface area contributed by atoms with Gasteiger partial charge in [-0.2, -0.15) is 0 Å². The van der Waals surface area contributed by atoms with Crippen LogP contribution < -0.4 is 5.32 Å². The number of benzene rings is 1. The van der Waals surface area contributed by atoms with E-state index in [1.807, 2.05) is 0 Å². The molecule has 0 atom stereocenters. The van der Waals surface area contributed by atoms with Gasteiger partial charge in [-0.15, -0.1) is 0 Å². The number of imide groups is 1. The van der Waals surface area contributed by atoms with Crippen molar-refractivity contribution in [3.63, 3.8) is 0 Å². The third-order valence-electron chi connectivity index (χ3n) is 3.09. The number of amides is 2. The van der Waals surface area contributed by atoms with Crippen molar-refractivity contribution in [2.75, 3.05) is 25.6 Å². The molecule has 2 amide bonds. The fourth-order valence-electron chi connectivity index (χ4n) is 1.97. The number of rotatable bonds is 5. The molecule has 0 bridgehead atoms. The van der Waals surface area contributed by atoms with Crippen LogP contribution in [0.2, 0.25) is 0 Å². The minimum Gasteiger partial charge on any atom is -0.465 e. The van der Waals surface area contributed by atoms with Gasteiger partial charge >= 0.3 is 5.97 Å². The van der Waals surface area contributed by atoms with Gasteiger partial charge < -0.3 is 15.2 Å². The van der Waals surface area contributed by atoms with Gasteiger partial charge in [-0.1, -0.05) is 0 Å². The van der Waals surface area contributed by atoms with Crippen molar-refractivity contribution in [3.05, 3.63) is 41.1 Å². The van der Waals surface area contributed by atoms with Gasteiger partial charge in [-0.25, -0.2) is 13.6 Å². The summed E-state index contributed by atoms with van der Waals surface area (Å²) >= 11 is 0. The highest BCUT2D eigenvalue weighted by atomic mass is 19.2. The lowest BCUT2D eigenvalue weighted by molar-refractivity contribution is -0.137. The predicted molar refractivity (Wildman–Crippen MR) is 73.2 cm³/mol. The molecule has 0 aliphatic carbocycles. The predicted octanol–water partition coefficient (Wildman–Crippen LogP) is 0.408. The number of hydrogen-bond donors (Lipinski definition) is 2. The van der Waals surface area contributed by atoms with E-state index < -0.39 is 47.3 Å². The second-order valence-corrected chi connectivity index (χ2v) is 4.48. The summed E-state index contributed by atoms with van der Waals surface area (Å²) in [5.74, 6) is -5.34. The third-order valence-corrected chi connectivity index (χ3v) is 3.09. The summed E-state index contributed by atoms with van der Waals surface area (Å²) in [5.41, 5.74) is -1.29. The van der Waals surface area contributed by atoms with E-state index in [1.54, 1.807) is 0 Å². The van der Waals surface area contributed by atoms with Crippen LogP contribution in [0, 0.1) is 11.6 Å². The van der Waals surface area contributed by atoms with Crippen molar-refractivity contribution in [2.45, 2.75) is 0 Å². The molecular weight excluding hydrogens is 314 g/mol. The molecule has 0 unspecified atom stereocenters. The summed E-state index contributed by atoms with van der Waals surface area (Å²) in [6.07, 6.45) is 0.906. The standard InChI is InChI=1S/C14H12F2N2O5/c1-23-14(22)7-2-3-8(12(16)11(7)15)17-9-6-10(20)18(4-5-19)13(9)21/h2-3,6,17,19H,4-5H2,1H3. The lowest BCUT2D eigenvalue weighted by Crippen LogP contribution is -2.34. The number of aliphatic hydroxyl groups is 1. The molecule has 0 spiro atoms. The van der Waals surface area contributed by atoms with Gasteiger partial charge in [0.2, 0.25) is 0 Å². The molecule has 0 aromatic heterocycles. The average molecular weight is 326 g/mol. The highest BCUT2D eigenvalue weighted by Crippen LogP contribution is 2.24. The number of carbonyl (C=O) groups is 3. The van der Waals surface area contributed by atoms with Crippen LogP contribution in [0.25, 0.3) is 0 Å². The molecule has 1 aliphatic heterocycles. The van der Waals surface area contributed by atoms with E-state index in [-0.39, 0.29) is 12.2 Å². The summed E-state index contributed by atoms with van der Waals surface area (Å²) in [6.45, 7) is -0.632.